The zero-order valence-electron chi connectivity index (χ0n) is 17.2. The van der Waals surface area contributed by atoms with Gasteiger partial charge in [-0.05, 0) is 36.6 Å². The first-order chi connectivity index (χ1) is 14.6. The number of rotatable bonds is 8. The lowest BCUT2D eigenvalue weighted by atomic mass is 10.1. The molecular formula is C22H23ClN4O2S. The molecule has 6 nitrogen and oxygen atoms in total. The van der Waals surface area contributed by atoms with Crippen molar-refractivity contribution in [2.24, 2.45) is 0 Å². The number of thiophene rings is 1. The molecule has 30 heavy (non-hydrogen) atoms. The first-order valence-corrected chi connectivity index (χ1v) is 11.0. The van der Waals surface area contributed by atoms with E-state index in [0.29, 0.717) is 5.02 Å². The van der Waals surface area contributed by atoms with E-state index in [9.17, 15) is 0 Å². The van der Waals surface area contributed by atoms with Crippen LogP contribution in [0.15, 0.2) is 30.6 Å². The van der Waals surface area contributed by atoms with E-state index in [1.54, 1.807) is 31.9 Å². The highest BCUT2D eigenvalue weighted by molar-refractivity contribution is 7.26. The first-order valence-electron chi connectivity index (χ1n) is 9.82. The molecule has 0 unspecified atom stereocenters. The second-order valence-corrected chi connectivity index (χ2v) is 8.30. The highest BCUT2D eigenvalue weighted by atomic mass is 35.5. The summed E-state index contributed by atoms with van der Waals surface area (Å²) < 4.78 is 11.7. The van der Waals surface area contributed by atoms with Crippen molar-refractivity contribution in [1.82, 2.24) is 15.0 Å². The number of hydrogen-bond acceptors (Lipinski definition) is 7. The van der Waals surface area contributed by atoms with E-state index in [2.05, 4.69) is 22.2 Å². The molecule has 3 heterocycles. The molecule has 1 N–H and O–H groups in total. The second-order valence-electron chi connectivity index (χ2n) is 6.89. The Labute approximate surface area is 184 Å². The minimum Gasteiger partial charge on any atom is -0.493 e. The smallest absolute Gasteiger partial charge is 0.160 e. The van der Waals surface area contributed by atoms with Crippen LogP contribution in [0.5, 0.6) is 11.5 Å². The third kappa shape index (κ3) is 4.00. The molecule has 156 valence electrons. The fourth-order valence-corrected chi connectivity index (χ4v) is 4.94. The summed E-state index contributed by atoms with van der Waals surface area (Å²) >= 11 is 8.15. The maximum Gasteiger partial charge on any atom is 0.160 e. The Kier molecular flexibility index (Phi) is 6.20. The quantitative estimate of drug-likeness (QED) is 0.387. The van der Waals surface area contributed by atoms with Crippen LogP contribution < -0.4 is 14.8 Å². The van der Waals surface area contributed by atoms with Crippen LogP contribution in [0.2, 0.25) is 5.02 Å². The highest BCUT2D eigenvalue weighted by Crippen LogP contribution is 2.39. The summed E-state index contributed by atoms with van der Waals surface area (Å²) in [5, 5.41) is 5.04. The van der Waals surface area contributed by atoms with Gasteiger partial charge in [0.15, 0.2) is 11.5 Å². The molecule has 3 aromatic heterocycles. The molecule has 0 aliphatic rings. The van der Waals surface area contributed by atoms with Gasteiger partial charge in [-0.15, -0.1) is 11.3 Å². The molecule has 4 aromatic rings. The van der Waals surface area contributed by atoms with Gasteiger partial charge in [0, 0.05) is 12.2 Å². The van der Waals surface area contributed by atoms with E-state index in [1.165, 1.54) is 0 Å². The number of anilines is 1. The maximum atomic E-state index is 6.57. The lowest BCUT2D eigenvalue weighted by Gasteiger charge is -2.10. The number of aryl methyl sites for hydroxylation is 1. The molecular weight excluding hydrogens is 420 g/mol. The van der Waals surface area contributed by atoms with Crippen LogP contribution in [-0.2, 0) is 12.8 Å². The number of aromatic nitrogens is 3. The third-order valence-corrected chi connectivity index (χ3v) is 6.27. The molecule has 0 saturated heterocycles. The predicted molar refractivity (Wildman–Crippen MR) is 123 cm³/mol. The molecule has 1 aromatic carbocycles. The van der Waals surface area contributed by atoms with Crippen LogP contribution in [0.3, 0.4) is 0 Å². The first kappa shape index (κ1) is 20.6. The number of hydrogen-bond donors (Lipinski definition) is 1. The number of halogens is 1. The van der Waals surface area contributed by atoms with Crippen LogP contribution in [0.25, 0.3) is 20.4 Å². The summed E-state index contributed by atoms with van der Waals surface area (Å²) in [5.41, 5.74) is 3.01. The highest BCUT2D eigenvalue weighted by Gasteiger charge is 2.16. The molecule has 0 amide bonds. The zero-order chi connectivity index (χ0) is 21.1. The third-order valence-electron chi connectivity index (χ3n) is 4.89. The van der Waals surface area contributed by atoms with Gasteiger partial charge in [-0.1, -0.05) is 31.0 Å². The van der Waals surface area contributed by atoms with Crippen molar-refractivity contribution in [1.29, 1.82) is 0 Å². The summed E-state index contributed by atoms with van der Waals surface area (Å²) in [4.78, 5) is 14.6. The summed E-state index contributed by atoms with van der Waals surface area (Å²) in [6, 6.07) is 7.90. The lowest BCUT2D eigenvalue weighted by Crippen LogP contribution is -2.06. The molecule has 0 atom stereocenters. The summed E-state index contributed by atoms with van der Waals surface area (Å²) in [6.45, 7) is 2.86. The van der Waals surface area contributed by atoms with Gasteiger partial charge in [0.25, 0.3) is 0 Å². The second kappa shape index (κ2) is 9.02. The van der Waals surface area contributed by atoms with Gasteiger partial charge < -0.3 is 14.8 Å². The maximum absolute atomic E-state index is 6.57. The topological polar surface area (TPSA) is 69.2 Å². The number of benzene rings is 1. The monoisotopic (exact) mass is 442 g/mol. The average molecular weight is 443 g/mol. The Morgan fingerprint density at radius 3 is 2.67 bits per heavy atom. The van der Waals surface area contributed by atoms with Crippen molar-refractivity contribution in [2.75, 3.05) is 26.1 Å². The number of ether oxygens (including phenoxy) is 2. The van der Waals surface area contributed by atoms with Gasteiger partial charge in [0.1, 0.15) is 17.0 Å². The van der Waals surface area contributed by atoms with Gasteiger partial charge in [-0.2, -0.15) is 0 Å². The normalized spacial score (nSPS) is 11.2. The molecule has 0 saturated carbocycles. The number of pyridine rings is 1. The van der Waals surface area contributed by atoms with Crippen molar-refractivity contribution in [2.45, 2.75) is 26.2 Å². The lowest BCUT2D eigenvalue weighted by molar-refractivity contribution is 0.354. The molecule has 8 heteroatoms. The standard InChI is InChI=1S/C22H23ClN4O2S/c1-4-5-14-11-15(23)18-19-20(30-22(18)27-14)21(26-12-25-19)24-9-8-13-6-7-16(28-2)17(10-13)29-3/h6-7,10-12H,4-5,8-9H2,1-3H3,(H,24,25,26). The molecule has 0 radical (unpaired) electrons. The number of fused-ring (bicyclic) bond motifs is 3. The number of nitrogens with one attached hydrogen (secondary N) is 1. The van der Waals surface area contributed by atoms with Crippen molar-refractivity contribution < 1.29 is 9.47 Å². The van der Waals surface area contributed by atoms with Crippen LogP contribution in [0.1, 0.15) is 24.6 Å². The Bertz CT molecular complexity index is 1190. The SMILES string of the molecule is CCCc1cc(Cl)c2c(n1)sc1c(NCCc3ccc(OC)c(OC)c3)ncnc12. The number of methoxy groups -OCH3 is 2. The van der Waals surface area contributed by atoms with Gasteiger partial charge in [-0.25, -0.2) is 15.0 Å². The Hall–Kier alpha value is -2.64. The summed E-state index contributed by atoms with van der Waals surface area (Å²) in [6.07, 6.45) is 4.33. The van der Waals surface area contributed by atoms with Gasteiger partial charge in [-0.3, -0.25) is 0 Å². The fraction of sp³-hybridized carbons (Fsp3) is 0.318. The van der Waals surface area contributed by atoms with E-state index in [4.69, 9.17) is 26.1 Å². The van der Waals surface area contributed by atoms with Crippen LogP contribution in [0, 0.1) is 0 Å². The molecule has 0 aliphatic heterocycles. The molecule has 0 spiro atoms. The summed E-state index contributed by atoms with van der Waals surface area (Å²) in [7, 11) is 3.28. The number of nitrogens with zero attached hydrogens (tertiary/aromatic N) is 3. The summed E-state index contributed by atoms with van der Waals surface area (Å²) in [5.74, 6) is 2.26. The van der Waals surface area contributed by atoms with Crippen LogP contribution in [-0.4, -0.2) is 35.7 Å². The fourth-order valence-electron chi connectivity index (χ4n) is 3.44. The Morgan fingerprint density at radius 2 is 1.90 bits per heavy atom. The predicted octanol–water partition coefficient (Wildman–Crippen LogP) is 5.52. The molecule has 0 bridgehead atoms. The Morgan fingerprint density at radius 1 is 1.07 bits per heavy atom. The van der Waals surface area contributed by atoms with E-state index in [1.807, 2.05) is 24.3 Å². The van der Waals surface area contributed by atoms with Crippen molar-refractivity contribution in [3.8, 4) is 11.5 Å². The van der Waals surface area contributed by atoms with E-state index in [-0.39, 0.29) is 0 Å². The van der Waals surface area contributed by atoms with Gasteiger partial charge in [0.2, 0.25) is 0 Å². The molecule has 0 fully saturated rings. The zero-order valence-corrected chi connectivity index (χ0v) is 18.7. The molecule has 4 rings (SSSR count). The average Bonchev–Trinajstić information content (AvgIpc) is 3.13. The van der Waals surface area contributed by atoms with Gasteiger partial charge >= 0.3 is 0 Å². The van der Waals surface area contributed by atoms with Crippen molar-refractivity contribution in [3.05, 3.63) is 46.9 Å². The van der Waals surface area contributed by atoms with Crippen LogP contribution >= 0.6 is 22.9 Å². The molecule has 0 aliphatic carbocycles. The van der Waals surface area contributed by atoms with E-state index < -0.39 is 0 Å². The van der Waals surface area contributed by atoms with Crippen molar-refractivity contribution >= 4 is 49.2 Å². The van der Waals surface area contributed by atoms with Gasteiger partial charge in [0.05, 0.1) is 34.8 Å². The van der Waals surface area contributed by atoms with Crippen LogP contribution in [0.4, 0.5) is 5.82 Å². The van der Waals surface area contributed by atoms with E-state index >= 15 is 0 Å². The largest absolute Gasteiger partial charge is 0.493 e. The van der Waals surface area contributed by atoms with E-state index in [0.717, 1.165) is 74.8 Å². The Balaban J connectivity index is 1.58. The minimum absolute atomic E-state index is 0.699. The van der Waals surface area contributed by atoms with Crippen molar-refractivity contribution in [3.63, 3.8) is 0 Å². The minimum atomic E-state index is 0.699.